The number of benzene rings is 1. The lowest BCUT2D eigenvalue weighted by Gasteiger charge is -2.03. The molecule has 0 N–H and O–H groups in total. The highest BCUT2D eigenvalue weighted by atomic mass is 127. The van der Waals surface area contributed by atoms with Gasteiger partial charge in [0.1, 0.15) is 0 Å². The quantitative estimate of drug-likeness (QED) is 0.474. The van der Waals surface area contributed by atoms with Crippen LogP contribution in [0.2, 0.25) is 5.02 Å². The topological polar surface area (TPSA) is 26.3 Å². The van der Waals surface area contributed by atoms with Gasteiger partial charge in [0.05, 0.1) is 22.1 Å². The van der Waals surface area contributed by atoms with E-state index in [1.54, 1.807) is 6.07 Å². The molecule has 0 spiro atoms. The molecule has 14 heavy (non-hydrogen) atoms. The van der Waals surface area contributed by atoms with Crippen LogP contribution in [0, 0.1) is 9.39 Å². The van der Waals surface area contributed by atoms with Crippen molar-refractivity contribution in [3.63, 3.8) is 0 Å². The Hall–Kier alpha value is -0.360. The average molecular weight is 329 g/mol. The SMILES string of the molecule is COC(=O)Cc1cc(Cl)c(F)c(I)c1. The van der Waals surface area contributed by atoms with Gasteiger partial charge in [-0.15, -0.1) is 0 Å². The fourth-order valence-corrected chi connectivity index (χ4v) is 2.04. The molecule has 0 atom stereocenters. The van der Waals surface area contributed by atoms with Gasteiger partial charge in [0.2, 0.25) is 0 Å². The van der Waals surface area contributed by atoms with E-state index < -0.39 is 5.82 Å². The molecule has 0 aromatic heterocycles. The van der Waals surface area contributed by atoms with Crippen LogP contribution in [0.15, 0.2) is 12.1 Å². The molecular weight excluding hydrogens is 321 g/mol. The fraction of sp³-hybridized carbons (Fsp3) is 0.222. The van der Waals surface area contributed by atoms with Crippen LogP contribution in [-0.2, 0) is 16.0 Å². The molecular formula is C9H7ClFIO2. The minimum atomic E-state index is -0.458. The van der Waals surface area contributed by atoms with Gasteiger partial charge in [-0.25, -0.2) is 4.39 Å². The molecule has 1 aromatic carbocycles. The number of hydrogen-bond donors (Lipinski definition) is 0. The molecule has 0 aliphatic heterocycles. The van der Waals surface area contributed by atoms with Gasteiger partial charge >= 0.3 is 5.97 Å². The van der Waals surface area contributed by atoms with Crippen LogP contribution in [0.4, 0.5) is 4.39 Å². The van der Waals surface area contributed by atoms with Crippen LogP contribution < -0.4 is 0 Å². The number of carbonyl (C=O) groups excluding carboxylic acids is 1. The second kappa shape index (κ2) is 4.93. The van der Waals surface area contributed by atoms with Crippen LogP contribution >= 0.6 is 34.2 Å². The van der Waals surface area contributed by atoms with E-state index in [2.05, 4.69) is 4.74 Å². The van der Waals surface area contributed by atoms with Gasteiger partial charge in [0.15, 0.2) is 5.82 Å². The van der Waals surface area contributed by atoms with Crippen molar-refractivity contribution in [1.29, 1.82) is 0 Å². The summed E-state index contributed by atoms with van der Waals surface area (Å²) in [6.07, 6.45) is 0.104. The summed E-state index contributed by atoms with van der Waals surface area (Å²) in [7, 11) is 1.30. The minimum Gasteiger partial charge on any atom is -0.469 e. The van der Waals surface area contributed by atoms with Crippen molar-refractivity contribution in [2.75, 3.05) is 7.11 Å². The van der Waals surface area contributed by atoms with Crippen LogP contribution in [0.1, 0.15) is 5.56 Å². The lowest BCUT2D eigenvalue weighted by molar-refractivity contribution is -0.139. The number of hydrogen-bond acceptors (Lipinski definition) is 2. The van der Waals surface area contributed by atoms with E-state index >= 15 is 0 Å². The number of rotatable bonds is 2. The van der Waals surface area contributed by atoms with E-state index in [-0.39, 0.29) is 17.4 Å². The first-order valence-corrected chi connectivity index (χ1v) is 5.20. The smallest absolute Gasteiger partial charge is 0.309 e. The van der Waals surface area contributed by atoms with Crippen molar-refractivity contribution in [1.82, 2.24) is 0 Å². The lowest BCUT2D eigenvalue weighted by atomic mass is 10.1. The highest BCUT2D eigenvalue weighted by molar-refractivity contribution is 14.1. The monoisotopic (exact) mass is 328 g/mol. The van der Waals surface area contributed by atoms with Gasteiger partial charge in [-0.3, -0.25) is 4.79 Å². The Labute approximate surface area is 99.5 Å². The number of ether oxygens (including phenoxy) is 1. The molecule has 0 aliphatic rings. The molecule has 0 saturated carbocycles. The van der Waals surface area contributed by atoms with Crippen molar-refractivity contribution in [2.24, 2.45) is 0 Å². The first-order valence-electron chi connectivity index (χ1n) is 3.75. The summed E-state index contributed by atoms with van der Waals surface area (Å²) in [5.41, 5.74) is 0.646. The second-order valence-electron chi connectivity index (χ2n) is 2.63. The van der Waals surface area contributed by atoms with Crippen molar-refractivity contribution >= 4 is 40.2 Å². The molecule has 0 fully saturated rings. The van der Waals surface area contributed by atoms with Crippen molar-refractivity contribution in [2.45, 2.75) is 6.42 Å². The van der Waals surface area contributed by atoms with E-state index in [4.69, 9.17) is 11.6 Å². The molecule has 0 aliphatic carbocycles. The van der Waals surface area contributed by atoms with Crippen LogP contribution in [0.5, 0.6) is 0 Å². The molecule has 2 nitrogen and oxygen atoms in total. The number of carbonyl (C=O) groups is 1. The summed E-state index contributed by atoms with van der Waals surface area (Å²) in [6.45, 7) is 0. The fourth-order valence-electron chi connectivity index (χ4n) is 0.949. The molecule has 5 heteroatoms. The standard InChI is InChI=1S/C9H7ClFIO2/c1-14-8(13)4-5-2-6(10)9(11)7(12)3-5/h2-3H,4H2,1H3. The maximum absolute atomic E-state index is 13.1. The third-order valence-electron chi connectivity index (χ3n) is 1.62. The predicted octanol–water partition coefficient (Wildman–Crippen LogP) is 2.80. The Morgan fingerprint density at radius 1 is 1.64 bits per heavy atom. The molecule has 0 saturated heterocycles. The van der Waals surface area contributed by atoms with E-state index in [0.717, 1.165) is 0 Å². The Balaban J connectivity index is 2.95. The highest BCUT2D eigenvalue weighted by Gasteiger charge is 2.09. The summed E-state index contributed by atoms with van der Waals surface area (Å²) in [5.74, 6) is -0.829. The molecule has 0 amide bonds. The molecule has 0 heterocycles. The zero-order valence-corrected chi connectivity index (χ0v) is 10.2. The molecule has 0 radical (unpaired) electrons. The third kappa shape index (κ3) is 2.81. The zero-order valence-electron chi connectivity index (χ0n) is 7.31. The predicted molar refractivity (Wildman–Crippen MR) is 59.8 cm³/mol. The van der Waals surface area contributed by atoms with Crippen LogP contribution in [-0.4, -0.2) is 13.1 Å². The molecule has 76 valence electrons. The van der Waals surface area contributed by atoms with Crippen molar-refractivity contribution in [3.05, 3.63) is 32.1 Å². The van der Waals surface area contributed by atoms with Gasteiger partial charge < -0.3 is 4.74 Å². The maximum Gasteiger partial charge on any atom is 0.309 e. The summed E-state index contributed by atoms with van der Waals surface area (Å²) >= 11 is 7.44. The molecule has 0 unspecified atom stereocenters. The number of esters is 1. The molecule has 0 bridgehead atoms. The van der Waals surface area contributed by atoms with E-state index in [1.165, 1.54) is 13.2 Å². The van der Waals surface area contributed by atoms with Crippen molar-refractivity contribution < 1.29 is 13.9 Å². The third-order valence-corrected chi connectivity index (χ3v) is 2.68. The summed E-state index contributed by atoms with van der Waals surface area (Å²) in [5, 5.41) is 0.0239. The summed E-state index contributed by atoms with van der Waals surface area (Å²) in [6, 6.07) is 2.99. The number of halogens is 3. The first-order chi connectivity index (χ1) is 6.54. The zero-order chi connectivity index (χ0) is 10.7. The normalized spacial score (nSPS) is 10.0. The highest BCUT2D eigenvalue weighted by Crippen LogP contribution is 2.22. The Morgan fingerprint density at radius 2 is 2.29 bits per heavy atom. The van der Waals surface area contributed by atoms with Crippen molar-refractivity contribution in [3.8, 4) is 0 Å². The average Bonchev–Trinajstić information content (AvgIpc) is 2.14. The largest absolute Gasteiger partial charge is 0.469 e. The van der Waals surface area contributed by atoms with Gasteiger partial charge in [0.25, 0.3) is 0 Å². The van der Waals surface area contributed by atoms with Gasteiger partial charge in [-0.2, -0.15) is 0 Å². The lowest BCUT2D eigenvalue weighted by Crippen LogP contribution is -2.05. The Kier molecular flexibility index (Phi) is 4.12. The van der Waals surface area contributed by atoms with Crippen LogP contribution in [0.3, 0.4) is 0 Å². The Morgan fingerprint density at radius 3 is 2.79 bits per heavy atom. The van der Waals surface area contributed by atoms with Gasteiger partial charge in [-0.1, -0.05) is 11.6 Å². The van der Waals surface area contributed by atoms with Crippen LogP contribution in [0.25, 0.3) is 0 Å². The van der Waals surface area contributed by atoms with Gasteiger partial charge in [-0.05, 0) is 40.3 Å². The summed E-state index contributed by atoms with van der Waals surface area (Å²) in [4.78, 5) is 10.9. The Bertz CT molecular complexity index is 345. The molecule has 1 aromatic rings. The first kappa shape index (κ1) is 11.7. The minimum absolute atomic E-state index is 0.0239. The molecule has 1 rings (SSSR count). The van der Waals surface area contributed by atoms with E-state index in [9.17, 15) is 9.18 Å². The maximum atomic E-state index is 13.1. The summed E-state index contributed by atoms with van der Waals surface area (Å²) < 4.78 is 18.0. The van der Waals surface area contributed by atoms with E-state index in [1.807, 2.05) is 22.6 Å². The van der Waals surface area contributed by atoms with E-state index in [0.29, 0.717) is 9.13 Å². The number of methoxy groups -OCH3 is 1. The van der Waals surface area contributed by atoms with Gasteiger partial charge in [0, 0.05) is 0 Å². The second-order valence-corrected chi connectivity index (χ2v) is 4.20.